The van der Waals surface area contributed by atoms with Gasteiger partial charge in [-0.3, -0.25) is 9.59 Å². The highest BCUT2D eigenvalue weighted by atomic mass is 16.3. The van der Waals surface area contributed by atoms with Gasteiger partial charge in [0.15, 0.2) is 0 Å². The van der Waals surface area contributed by atoms with Crippen LogP contribution in [0.4, 0.5) is 0 Å². The number of nitrogens with one attached hydrogen (secondary N) is 1. The first-order chi connectivity index (χ1) is 12.0. The van der Waals surface area contributed by atoms with Gasteiger partial charge in [-0.15, -0.1) is 0 Å². The Bertz CT molecular complexity index is 498. The molecule has 0 unspecified atom stereocenters. The number of nitrogens with zero attached hydrogens (tertiary/aromatic N) is 1. The molecule has 2 amide bonds. The maximum atomic E-state index is 12.2. The van der Waals surface area contributed by atoms with Crippen molar-refractivity contribution in [2.24, 2.45) is 23.2 Å². The van der Waals surface area contributed by atoms with Crippen LogP contribution in [0.3, 0.4) is 0 Å². The molecule has 5 fully saturated rings. The average molecular weight is 348 g/mol. The van der Waals surface area contributed by atoms with E-state index in [0.29, 0.717) is 25.9 Å². The number of amides is 2. The zero-order valence-corrected chi connectivity index (χ0v) is 15.2. The van der Waals surface area contributed by atoms with Crippen molar-refractivity contribution in [1.29, 1.82) is 0 Å². The second kappa shape index (κ2) is 6.90. The zero-order valence-electron chi connectivity index (χ0n) is 15.2. The Hall–Kier alpha value is -1.10. The average Bonchev–Trinajstić information content (AvgIpc) is 2.57. The summed E-state index contributed by atoms with van der Waals surface area (Å²) in [5.74, 6) is 2.56. The predicted molar refractivity (Wildman–Crippen MR) is 94.7 cm³/mol. The van der Waals surface area contributed by atoms with Crippen LogP contribution in [0, 0.1) is 23.2 Å². The molecule has 1 saturated heterocycles. The van der Waals surface area contributed by atoms with E-state index in [1.807, 2.05) is 0 Å². The highest BCUT2D eigenvalue weighted by Gasteiger charge is 2.53. The molecule has 4 bridgehead atoms. The van der Waals surface area contributed by atoms with Crippen LogP contribution in [-0.4, -0.2) is 47.6 Å². The Morgan fingerprint density at radius 3 is 2.40 bits per heavy atom. The van der Waals surface area contributed by atoms with Crippen molar-refractivity contribution in [3.63, 3.8) is 0 Å². The van der Waals surface area contributed by atoms with Crippen LogP contribution >= 0.6 is 0 Å². The van der Waals surface area contributed by atoms with Crippen LogP contribution in [0.15, 0.2) is 0 Å². The molecule has 1 aliphatic heterocycles. The minimum absolute atomic E-state index is 0.0397. The molecule has 1 heterocycles. The SMILES string of the molecule is O=C(CCN1CCCCC1=O)NC[C@@H](O)C12CC3CC(CC(C3)C1)C2. The van der Waals surface area contributed by atoms with Crippen LogP contribution in [0.2, 0.25) is 0 Å². The molecular weight excluding hydrogens is 316 g/mol. The van der Waals surface area contributed by atoms with E-state index in [1.165, 1.54) is 19.3 Å². The van der Waals surface area contributed by atoms with Gasteiger partial charge in [-0.25, -0.2) is 0 Å². The zero-order chi connectivity index (χ0) is 17.4. The van der Waals surface area contributed by atoms with Crippen molar-refractivity contribution in [2.75, 3.05) is 19.6 Å². The minimum Gasteiger partial charge on any atom is -0.391 e. The molecule has 5 nitrogen and oxygen atoms in total. The molecule has 1 atom stereocenters. The standard InChI is InChI=1S/C20H32N2O3/c23-17(20-10-14-7-15(11-20)9-16(8-14)12-20)13-21-18(24)4-6-22-5-2-1-3-19(22)25/h14-17,23H,1-13H2,(H,21,24)/t14?,15?,16?,17-,20?/m1/s1. The fourth-order valence-electron chi connectivity index (χ4n) is 6.44. The normalized spacial score (nSPS) is 38.0. The fourth-order valence-corrected chi connectivity index (χ4v) is 6.44. The van der Waals surface area contributed by atoms with E-state index in [2.05, 4.69) is 5.32 Å². The predicted octanol–water partition coefficient (Wildman–Crippen LogP) is 2.08. The summed E-state index contributed by atoms with van der Waals surface area (Å²) >= 11 is 0. The van der Waals surface area contributed by atoms with Crippen molar-refractivity contribution in [1.82, 2.24) is 10.2 Å². The van der Waals surface area contributed by atoms with Crippen molar-refractivity contribution in [3.8, 4) is 0 Å². The van der Waals surface area contributed by atoms with E-state index in [1.54, 1.807) is 4.90 Å². The van der Waals surface area contributed by atoms with Gasteiger partial charge >= 0.3 is 0 Å². The van der Waals surface area contributed by atoms with Gasteiger partial charge in [0.1, 0.15) is 0 Å². The summed E-state index contributed by atoms with van der Waals surface area (Å²) in [4.78, 5) is 25.8. The molecule has 140 valence electrons. The molecule has 4 aliphatic carbocycles. The summed E-state index contributed by atoms with van der Waals surface area (Å²) in [5.41, 5.74) is 0.0604. The molecule has 0 aromatic carbocycles. The molecular formula is C20H32N2O3. The van der Waals surface area contributed by atoms with Gasteiger partial charge < -0.3 is 15.3 Å². The molecule has 5 rings (SSSR count). The molecule has 25 heavy (non-hydrogen) atoms. The van der Waals surface area contributed by atoms with E-state index >= 15 is 0 Å². The number of hydrogen-bond acceptors (Lipinski definition) is 3. The lowest BCUT2D eigenvalue weighted by Gasteiger charge is -2.58. The first kappa shape index (κ1) is 17.3. The Morgan fingerprint density at radius 2 is 1.80 bits per heavy atom. The topological polar surface area (TPSA) is 69.6 Å². The monoisotopic (exact) mass is 348 g/mol. The molecule has 0 radical (unpaired) electrons. The van der Waals surface area contributed by atoms with Crippen LogP contribution in [0.1, 0.15) is 64.2 Å². The number of likely N-dealkylation sites (tertiary alicyclic amines) is 1. The summed E-state index contributed by atoms with van der Waals surface area (Å²) in [6.07, 6.45) is 10.1. The summed E-state index contributed by atoms with van der Waals surface area (Å²) in [5, 5.41) is 13.8. The van der Waals surface area contributed by atoms with E-state index in [4.69, 9.17) is 0 Å². The van der Waals surface area contributed by atoms with E-state index in [0.717, 1.165) is 56.4 Å². The van der Waals surface area contributed by atoms with E-state index in [-0.39, 0.29) is 17.2 Å². The van der Waals surface area contributed by atoms with Gasteiger partial charge in [-0.05, 0) is 74.5 Å². The van der Waals surface area contributed by atoms with E-state index in [9.17, 15) is 14.7 Å². The second-order valence-corrected chi connectivity index (χ2v) is 9.19. The number of aliphatic hydroxyl groups excluding tert-OH is 1. The molecule has 5 aliphatic rings. The number of hydrogen-bond donors (Lipinski definition) is 2. The third kappa shape index (κ3) is 3.57. The molecule has 0 spiro atoms. The fraction of sp³-hybridized carbons (Fsp3) is 0.900. The second-order valence-electron chi connectivity index (χ2n) is 9.19. The van der Waals surface area contributed by atoms with Gasteiger partial charge in [0.2, 0.25) is 11.8 Å². The largest absolute Gasteiger partial charge is 0.391 e. The molecule has 0 aromatic heterocycles. The van der Waals surface area contributed by atoms with Crippen molar-refractivity contribution in [3.05, 3.63) is 0 Å². The summed E-state index contributed by atoms with van der Waals surface area (Å²) in [6.45, 7) is 1.67. The maximum absolute atomic E-state index is 12.2. The van der Waals surface area contributed by atoms with Crippen LogP contribution < -0.4 is 5.32 Å². The first-order valence-electron chi connectivity index (χ1n) is 10.3. The Kier molecular flexibility index (Phi) is 4.78. The number of rotatable bonds is 6. The van der Waals surface area contributed by atoms with Crippen LogP contribution in [-0.2, 0) is 9.59 Å². The maximum Gasteiger partial charge on any atom is 0.222 e. The molecule has 4 saturated carbocycles. The number of carbonyl (C=O) groups is 2. The van der Waals surface area contributed by atoms with Gasteiger partial charge in [0.25, 0.3) is 0 Å². The number of aliphatic hydroxyl groups is 1. The van der Waals surface area contributed by atoms with Gasteiger partial charge in [0.05, 0.1) is 6.10 Å². The van der Waals surface area contributed by atoms with Gasteiger partial charge in [-0.2, -0.15) is 0 Å². The lowest BCUT2D eigenvalue weighted by atomic mass is 9.48. The summed E-state index contributed by atoms with van der Waals surface area (Å²) in [6, 6.07) is 0. The third-order valence-electron chi connectivity index (χ3n) is 7.32. The van der Waals surface area contributed by atoms with Gasteiger partial charge in [0, 0.05) is 32.5 Å². The summed E-state index contributed by atoms with van der Waals surface area (Å²) in [7, 11) is 0. The van der Waals surface area contributed by atoms with Crippen LogP contribution in [0.25, 0.3) is 0 Å². The number of carbonyl (C=O) groups excluding carboxylic acids is 2. The first-order valence-corrected chi connectivity index (χ1v) is 10.3. The smallest absolute Gasteiger partial charge is 0.222 e. The Morgan fingerprint density at radius 1 is 1.16 bits per heavy atom. The minimum atomic E-state index is -0.415. The molecule has 2 N–H and O–H groups in total. The number of piperidine rings is 1. The van der Waals surface area contributed by atoms with E-state index < -0.39 is 6.10 Å². The van der Waals surface area contributed by atoms with Crippen molar-refractivity contribution in [2.45, 2.75) is 70.3 Å². The molecule has 0 aromatic rings. The lowest BCUT2D eigenvalue weighted by Crippen LogP contribution is -2.54. The summed E-state index contributed by atoms with van der Waals surface area (Å²) < 4.78 is 0. The molecule has 5 heteroatoms. The highest BCUT2D eigenvalue weighted by molar-refractivity contribution is 5.79. The van der Waals surface area contributed by atoms with Crippen molar-refractivity contribution < 1.29 is 14.7 Å². The van der Waals surface area contributed by atoms with Crippen LogP contribution in [0.5, 0.6) is 0 Å². The Labute approximate surface area is 150 Å². The third-order valence-corrected chi connectivity index (χ3v) is 7.32. The highest BCUT2D eigenvalue weighted by Crippen LogP contribution is 2.61. The quantitative estimate of drug-likeness (QED) is 0.772. The lowest BCUT2D eigenvalue weighted by molar-refractivity contribution is -0.134. The van der Waals surface area contributed by atoms with Gasteiger partial charge in [-0.1, -0.05) is 0 Å². The Balaban J connectivity index is 1.24. The van der Waals surface area contributed by atoms with Crippen molar-refractivity contribution >= 4 is 11.8 Å².